The Bertz CT molecular complexity index is 901. The third kappa shape index (κ3) is 6.45. The van der Waals surface area contributed by atoms with E-state index in [9.17, 15) is 0 Å². The highest BCUT2D eigenvalue weighted by molar-refractivity contribution is 14.0. The van der Waals surface area contributed by atoms with Crippen molar-refractivity contribution in [2.75, 3.05) is 12.4 Å². The maximum absolute atomic E-state index is 6.02. The number of hydrogen-bond acceptors (Lipinski definition) is 3. The minimum absolute atomic E-state index is 0. The Balaban J connectivity index is 0.00000280. The zero-order valence-corrected chi connectivity index (χ0v) is 18.0. The van der Waals surface area contributed by atoms with Crippen molar-refractivity contribution in [1.82, 2.24) is 0 Å². The maximum atomic E-state index is 6.02. The zero-order valence-electron chi connectivity index (χ0n) is 15.7. The molecule has 3 rings (SSSR count). The van der Waals surface area contributed by atoms with Crippen LogP contribution in [0.4, 0.5) is 5.69 Å². The molecule has 3 N–H and O–H groups in total. The largest absolute Gasteiger partial charge is 0.497 e. The summed E-state index contributed by atoms with van der Waals surface area (Å²) in [5.41, 5.74) is 8.94. The molecule has 28 heavy (non-hydrogen) atoms. The van der Waals surface area contributed by atoms with Gasteiger partial charge in [-0.05, 0) is 23.8 Å². The lowest BCUT2D eigenvalue weighted by atomic mass is 10.2. The molecule has 0 aliphatic heterocycles. The fraction of sp³-hybridized carbons (Fsp3) is 0.136. The van der Waals surface area contributed by atoms with Crippen molar-refractivity contribution in [2.45, 2.75) is 13.2 Å². The lowest BCUT2D eigenvalue weighted by molar-refractivity contribution is 0.303. The number of para-hydroxylation sites is 1. The zero-order chi connectivity index (χ0) is 18.9. The first kappa shape index (κ1) is 21.6. The van der Waals surface area contributed by atoms with E-state index in [1.807, 2.05) is 78.9 Å². The molecule has 0 saturated carbocycles. The number of methoxy groups -OCH3 is 1. The van der Waals surface area contributed by atoms with Gasteiger partial charge in [0.2, 0.25) is 0 Å². The predicted octanol–water partition coefficient (Wildman–Crippen LogP) is 4.82. The SMILES string of the molecule is COc1cccc(NC(N)=NCc2ccccc2OCc2ccccc2)c1.I. The molecule has 0 aliphatic rings. The fourth-order valence-corrected chi connectivity index (χ4v) is 2.57. The van der Waals surface area contributed by atoms with Crippen molar-refractivity contribution in [1.29, 1.82) is 0 Å². The molecule has 0 unspecified atom stereocenters. The molecular weight excluding hydrogens is 465 g/mol. The summed E-state index contributed by atoms with van der Waals surface area (Å²) < 4.78 is 11.2. The summed E-state index contributed by atoms with van der Waals surface area (Å²) >= 11 is 0. The average molecular weight is 489 g/mol. The minimum Gasteiger partial charge on any atom is -0.497 e. The van der Waals surface area contributed by atoms with Gasteiger partial charge in [0.1, 0.15) is 18.1 Å². The van der Waals surface area contributed by atoms with Crippen LogP contribution in [0.1, 0.15) is 11.1 Å². The molecule has 0 amide bonds. The summed E-state index contributed by atoms with van der Waals surface area (Å²) in [6.07, 6.45) is 0. The number of benzene rings is 3. The molecular formula is C22H24IN3O2. The number of rotatable bonds is 7. The average Bonchev–Trinajstić information content (AvgIpc) is 2.72. The summed E-state index contributed by atoms with van der Waals surface area (Å²) in [7, 11) is 1.63. The van der Waals surface area contributed by atoms with E-state index in [1.165, 1.54) is 0 Å². The van der Waals surface area contributed by atoms with Crippen LogP contribution in [0.25, 0.3) is 0 Å². The molecule has 6 heteroatoms. The highest BCUT2D eigenvalue weighted by Crippen LogP contribution is 2.21. The van der Waals surface area contributed by atoms with Gasteiger partial charge in [-0.3, -0.25) is 0 Å². The van der Waals surface area contributed by atoms with Crippen molar-refractivity contribution >= 4 is 35.6 Å². The van der Waals surface area contributed by atoms with Gasteiger partial charge in [-0.1, -0.05) is 54.6 Å². The molecule has 0 aliphatic carbocycles. The van der Waals surface area contributed by atoms with Crippen LogP contribution in [0.3, 0.4) is 0 Å². The Labute approximate surface area is 182 Å². The van der Waals surface area contributed by atoms with E-state index >= 15 is 0 Å². The van der Waals surface area contributed by atoms with Crippen molar-refractivity contribution in [3.8, 4) is 11.5 Å². The summed E-state index contributed by atoms with van der Waals surface area (Å²) in [4.78, 5) is 4.42. The molecule has 3 aromatic rings. The second-order valence-corrected chi connectivity index (χ2v) is 5.94. The number of nitrogens with zero attached hydrogens (tertiary/aromatic N) is 1. The number of halogens is 1. The van der Waals surface area contributed by atoms with E-state index in [1.54, 1.807) is 7.11 Å². The molecule has 0 bridgehead atoms. The Kier molecular flexibility index (Phi) is 8.61. The van der Waals surface area contributed by atoms with Gasteiger partial charge in [-0.2, -0.15) is 0 Å². The lowest BCUT2D eigenvalue weighted by Gasteiger charge is -2.11. The highest BCUT2D eigenvalue weighted by Gasteiger charge is 2.04. The van der Waals surface area contributed by atoms with Crippen molar-refractivity contribution in [3.63, 3.8) is 0 Å². The Morgan fingerprint density at radius 1 is 0.964 bits per heavy atom. The number of anilines is 1. The minimum atomic E-state index is 0. The van der Waals surface area contributed by atoms with E-state index in [0.29, 0.717) is 19.1 Å². The van der Waals surface area contributed by atoms with Crippen molar-refractivity contribution in [3.05, 3.63) is 90.0 Å². The topological polar surface area (TPSA) is 68.9 Å². The molecule has 0 aromatic heterocycles. The number of nitrogens with two attached hydrogens (primary N) is 1. The number of hydrogen-bond donors (Lipinski definition) is 2. The van der Waals surface area contributed by atoms with Gasteiger partial charge in [-0.25, -0.2) is 4.99 Å². The van der Waals surface area contributed by atoms with E-state index < -0.39 is 0 Å². The summed E-state index contributed by atoms with van der Waals surface area (Å²) in [6.45, 7) is 0.937. The normalized spacial score (nSPS) is 10.7. The van der Waals surface area contributed by atoms with Crippen LogP contribution in [0.15, 0.2) is 83.9 Å². The van der Waals surface area contributed by atoms with Gasteiger partial charge < -0.3 is 20.5 Å². The lowest BCUT2D eigenvalue weighted by Crippen LogP contribution is -2.22. The second kappa shape index (κ2) is 11.2. The number of aliphatic imine (C=N–C) groups is 1. The Morgan fingerprint density at radius 3 is 2.50 bits per heavy atom. The first-order valence-electron chi connectivity index (χ1n) is 8.70. The number of guanidine groups is 1. The molecule has 0 radical (unpaired) electrons. The van der Waals surface area contributed by atoms with Crippen molar-refractivity contribution in [2.24, 2.45) is 10.7 Å². The maximum Gasteiger partial charge on any atom is 0.193 e. The molecule has 3 aromatic carbocycles. The monoisotopic (exact) mass is 489 g/mol. The number of nitrogens with one attached hydrogen (secondary N) is 1. The van der Waals surface area contributed by atoms with Gasteiger partial charge in [0.15, 0.2) is 5.96 Å². The molecule has 0 atom stereocenters. The van der Waals surface area contributed by atoms with Gasteiger partial charge >= 0.3 is 0 Å². The van der Waals surface area contributed by atoms with Crippen LogP contribution < -0.4 is 20.5 Å². The quantitative estimate of drug-likeness (QED) is 0.284. The fourth-order valence-electron chi connectivity index (χ4n) is 2.57. The Hall–Kier alpha value is -2.74. The molecule has 5 nitrogen and oxygen atoms in total. The van der Waals surface area contributed by atoms with E-state index in [2.05, 4.69) is 10.3 Å². The van der Waals surface area contributed by atoms with Crippen LogP contribution in [0.5, 0.6) is 11.5 Å². The molecule has 0 saturated heterocycles. The van der Waals surface area contributed by atoms with Crippen LogP contribution in [-0.4, -0.2) is 13.1 Å². The first-order chi connectivity index (χ1) is 13.2. The second-order valence-electron chi connectivity index (χ2n) is 5.94. The van der Waals surface area contributed by atoms with Crippen LogP contribution in [-0.2, 0) is 13.2 Å². The standard InChI is InChI=1S/C22H23N3O2.HI/c1-26-20-12-7-11-19(14-20)25-22(23)24-15-18-10-5-6-13-21(18)27-16-17-8-3-2-4-9-17;/h2-14H,15-16H2,1H3,(H3,23,24,25);1H. The van der Waals surface area contributed by atoms with E-state index in [4.69, 9.17) is 15.2 Å². The summed E-state index contributed by atoms with van der Waals surface area (Å²) in [6, 6.07) is 25.4. The highest BCUT2D eigenvalue weighted by atomic mass is 127. The van der Waals surface area contributed by atoms with E-state index in [0.717, 1.165) is 28.3 Å². The van der Waals surface area contributed by atoms with Gasteiger partial charge in [0.05, 0.1) is 13.7 Å². The van der Waals surface area contributed by atoms with Crippen molar-refractivity contribution < 1.29 is 9.47 Å². The molecule has 146 valence electrons. The first-order valence-corrected chi connectivity index (χ1v) is 8.70. The van der Waals surface area contributed by atoms with E-state index in [-0.39, 0.29) is 24.0 Å². The Morgan fingerprint density at radius 2 is 1.71 bits per heavy atom. The van der Waals surface area contributed by atoms with Gasteiger partial charge in [0.25, 0.3) is 0 Å². The summed E-state index contributed by atoms with van der Waals surface area (Å²) in [5.74, 6) is 1.90. The molecule has 0 heterocycles. The third-order valence-electron chi connectivity index (χ3n) is 3.97. The molecule has 0 fully saturated rings. The molecule has 0 spiro atoms. The van der Waals surface area contributed by atoms with Gasteiger partial charge in [-0.15, -0.1) is 24.0 Å². The van der Waals surface area contributed by atoms with Crippen LogP contribution in [0, 0.1) is 0 Å². The van der Waals surface area contributed by atoms with Gasteiger partial charge in [0, 0.05) is 17.3 Å². The smallest absolute Gasteiger partial charge is 0.193 e. The van der Waals surface area contributed by atoms with Crippen LogP contribution in [0.2, 0.25) is 0 Å². The van der Waals surface area contributed by atoms with Crippen LogP contribution >= 0.6 is 24.0 Å². The predicted molar refractivity (Wildman–Crippen MR) is 125 cm³/mol. The number of ether oxygens (including phenoxy) is 2. The summed E-state index contributed by atoms with van der Waals surface area (Å²) in [5, 5.41) is 3.07. The third-order valence-corrected chi connectivity index (χ3v) is 3.97.